The molecule has 5 nitrogen and oxygen atoms in total. The smallest absolute Gasteiger partial charge is 0.356 e. The van der Waals surface area contributed by atoms with Crippen LogP contribution in [0.3, 0.4) is 0 Å². The minimum absolute atomic E-state index is 0.329. The molecule has 0 radical (unpaired) electrons. The normalized spacial score (nSPS) is 13.1. The number of pyridine rings is 1. The number of hydrogen-bond donors (Lipinski definition) is 1. The molecule has 0 saturated carbocycles. The van der Waals surface area contributed by atoms with Gasteiger partial charge in [-0.3, -0.25) is 0 Å². The highest BCUT2D eigenvalue weighted by Gasteiger charge is 2.22. The maximum atomic E-state index is 11.5. The second-order valence-corrected chi connectivity index (χ2v) is 5.03. The summed E-state index contributed by atoms with van der Waals surface area (Å²) >= 11 is 0. The Morgan fingerprint density at radius 2 is 2.14 bits per heavy atom. The van der Waals surface area contributed by atoms with Gasteiger partial charge in [-0.1, -0.05) is 18.2 Å². The number of para-hydroxylation sites is 1. The lowest BCUT2D eigenvalue weighted by Crippen LogP contribution is -2.21. The molecule has 0 bridgehead atoms. The summed E-state index contributed by atoms with van der Waals surface area (Å²) in [6.45, 7) is 1.54. The Kier molecular flexibility index (Phi) is 3.48. The van der Waals surface area contributed by atoms with Crippen molar-refractivity contribution in [2.45, 2.75) is 13.0 Å². The molecule has 1 aromatic heterocycles. The molecule has 0 amide bonds. The van der Waals surface area contributed by atoms with E-state index >= 15 is 0 Å². The summed E-state index contributed by atoms with van der Waals surface area (Å²) in [5, 5.41) is 0. The zero-order chi connectivity index (χ0) is 14.8. The number of fused-ring (bicyclic) bond motifs is 1. The third-order valence-corrected chi connectivity index (χ3v) is 3.67. The van der Waals surface area contributed by atoms with Crippen molar-refractivity contribution < 1.29 is 9.53 Å². The molecule has 1 aliphatic heterocycles. The fourth-order valence-electron chi connectivity index (χ4n) is 2.71. The maximum Gasteiger partial charge on any atom is 0.356 e. The lowest BCUT2D eigenvalue weighted by molar-refractivity contribution is 0.0593. The minimum atomic E-state index is -0.418. The third-order valence-electron chi connectivity index (χ3n) is 3.67. The monoisotopic (exact) mass is 283 g/mol. The maximum absolute atomic E-state index is 11.5. The molecule has 0 unspecified atom stereocenters. The van der Waals surface area contributed by atoms with Crippen molar-refractivity contribution in [1.82, 2.24) is 4.98 Å². The van der Waals surface area contributed by atoms with E-state index in [9.17, 15) is 4.79 Å². The van der Waals surface area contributed by atoms with E-state index in [4.69, 9.17) is 10.5 Å². The number of ether oxygens (including phenoxy) is 1. The predicted octanol–water partition coefficient (Wildman–Crippen LogP) is 2.01. The topological polar surface area (TPSA) is 68.5 Å². The number of carbonyl (C=O) groups excluding carboxylic acids is 1. The molecule has 0 fully saturated rings. The molecule has 3 rings (SSSR count). The summed E-state index contributed by atoms with van der Waals surface area (Å²) in [5.74, 6) is -0.418. The van der Waals surface area contributed by atoms with Gasteiger partial charge in [0.25, 0.3) is 0 Å². The molecule has 0 atom stereocenters. The number of methoxy groups -OCH3 is 1. The highest BCUT2D eigenvalue weighted by molar-refractivity contribution is 5.87. The molecule has 2 N–H and O–H groups in total. The summed E-state index contributed by atoms with van der Waals surface area (Å²) < 4.78 is 4.70. The third kappa shape index (κ3) is 2.54. The average Bonchev–Trinajstić information content (AvgIpc) is 2.91. The van der Waals surface area contributed by atoms with Gasteiger partial charge in [-0.05, 0) is 30.2 Å². The molecule has 5 heteroatoms. The molecule has 0 spiro atoms. The Morgan fingerprint density at radius 1 is 1.33 bits per heavy atom. The van der Waals surface area contributed by atoms with Gasteiger partial charge in [-0.25, -0.2) is 9.78 Å². The fraction of sp³-hybridized carbons (Fsp3) is 0.250. The van der Waals surface area contributed by atoms with Gasteiger partial charge in [0.2, 0.25) is 0 Å². The van der Waals surface area contributed by atoms with Crippen molar-refractivity contribution in [3.8, 4) is 0 Å². The van der Waals surface area contributed by atoms with E-state index in [0.29, 0.717) is 12.2 Å². The number of aromatic nitrogens is 1. The van der Waals surface area contributed by atoms with E-state index in [0.717, 1.165) is 30.0 Å². The number of rotatable bonds is 3. The quantitative estimate of drug-likeness (QED) is 0.689. The van der Waals surface area contributed by atoms with Crippen LogP contribution >= 0.6 is 0 Å². The average molecular weight is 283 g/mol. The molecule has 21 heavy (non-hydrogen) atoms. The molecule has 1 aliphatic rings. The SMILES string of the molecule is COC(=O)c1cccc(CN2CCc3cccc(N)c32)n1. The second kappa shape index (κ2) is 5.44. The molecule has 0 saturated heterocycles. The summed E-state index contributed by atoms with van der Waals surface area (Å²) in [7, 11) is 1.36. The second-order valence-electron chi connectivity index (χ2n) is 5.03. The first kappa shape index (κ1) is 13.4. The van der Waals surface area contributed by atoms with E-state index in [-0.39, 0.29) is 0 Å². The van der Waals surface area contributed by atoms with Crippen molar-refractivity contribution in [3.63, 3.8) is 0 Å². The first-order valence-electron chi connectivity index (χ1n) is 6.85. The van der Waals surface area contributed by atoms with Gasteiger partial charge < -0.3 is 15.4 Å². The van der Waals surface area contributed by atoms with Crippen LogP contribution < -0.4 is 10.6 Å². The highest BCUT2D eigenvalue weighted by atomic mass is 16.5. The van der Waals surface area contributed by atoms with E-state index in [1.807, 2.05) is 24.3 Å². The van der Waals surface area contributed by atoms with Gasteiger partial charge in [-0.2, -0.15) is 0 Å². The van der Waals surface area contributed by atoms with Crippen LogP contribution in [0.15, 0.2) is 36.4 Å². The van der Waals surface area contributed by atoms with Crippen LogP contribution in [0.1, 0.15) is 21.7 Å². The standard InChI is InChI=1S/C16H17N3O2/c1-21-16(20)14-7-3-5-12(18-14)10-19-9-8-11-4-2-6-13(17)15(11)19/h2-7H,8-10,17H2,1H3. The molecule has 108 valence electrons. The van der Waals surface area contributed by atoms with Crippen molar-refractivity contribution in [3.05, 3.63) is 53.3 Å². The van der Waals surface area contributed by atoms with Crippen LogP contribution in [0, 0.1) is 0 Å². The van der Waals surface area contributed by atoms with Crippen molar-refractivity contribution in [2.24, 2.45) is 0 Å². The largest absolute Gasteiger partial charge is 0.464 e. The van der Waals surface area contributed by atoms with Crippen molar-refractivity contribution in [1.29, 1.82) is 0 Å². The predicted molar refractivity (Wildman–Crippen MR) is 81.2 cm³/mol. The zero-order valence-electron chi connectivity index (χ0n) is 11.9. The Bertz CT molecular complexity index is 685. The summed E-state index contributed by atoms with van der Waals surface area (Å²) in [6, 6.07) is 11.4. The Morgan fingerprint density at radius 3 is 2.95 bits per heavy atom. The van der Waals surface area contributed by atoms with Crippen LogP contribution in [-0.2, 0) is 17.7 Å². The Labute approximate surface area is 123 Å². The highest BCUT2D eigenvalue weighted by Crippen LogP contribution is 2.34. The molecular formula is C16H17N3O2. The van der Waals surface area contributed by atoms with Gasteiger partial charge >= 0.3 is 5.97 Å². The fourth-order valence-corrected chi connectivity index (χ4v) is 2.71. The van der Waals surface area contributed by atoms with E-state index < -0.39 is 5.97 Å². The number of nitrogen functional groups attached to an aromatic ring is 1. The van der Waals surface area contributed by atoms with Gasteiger partial charge in [-0.15, -0.1) is 0 Å². The number of esters is 1. The van der Waals surface area contributed by atoms with Gasteiger partial charge in [0.1, 0.15) is 5.69 Å². The number of anilines is 2. The van der Waals surface area contributed by atoms with Gasteiger partial charge in [0.15, 0.2) is 0 Å². The van der Waals surface area contributed by atoms with Crippen molar-refractivity contribution in [2.75, 3.05) is 24.3 Å². The Hall–Kier alpha value is -2.56. The van der Waals surface area contributed by atoms with Crippen LogP contribution in [0.5, 0.6) is 0 Å². The van der Waals surface area contributed by atoms with Crippen LogP contribution in [0.2, 0.25) is 0 Å². The molecule has 2 heterocycles. The summed E-state index contributed by atoms with van der Waals surface area (Å²) in [4.78, 5) is 18.1. The number of carbonyl (C=O) groups is 1. The van der Waals surface area contributed by atoms with E-state index in [2.05, 4.69) is 16.0 Å². The summed E-state index contributed by atoms with van der Waals surface area (Å²) in [5.41, 5.74) is 10.4. The number of hydrogen-bond acceptors (Lipinski definition) is 5. The molecule has 2 aromatic rings. The number of nitrogens with zero attached hydrogens (tertiary/aromatic N) is 2. The summed E-state index contributed by atoms with van der Waals surface area (Å²) in [6.07, 6.45) is 0.983. The first-order chi connectivity index (χ1) is 10.2. The molecular weight excluding hydrogens is 266 g/mol. The number of benzene rings is 1. The van der Waals surface area contributed by atoms with Gasteiger partial charge in [0, 0.05) is 6.54 Å². The van der Waals surface area contributed by atoms with Crippen molar-refractivity contribution >= 4 is 17.3 Å². The van der Waals surface area contributed by atoms with Crippen LogP contribution in [0.25, 0.3) is 0 Å². The van der Waals surface area contributed by atoms with E-state index in [1.54, 1.807) is 6.07 Å². The lowest BCUT2D eigenvalue weighted by Gasteiger charge is -2.20. The minimum Gasteiger partial charge on any atom is -0.464 e. The Balaban J connectivity index is 1.85. The van der Waals surface area contributed by atoms with Gasteiger partial charge in [0.05, 0.1) is 30.7 Å². The lowest BCUT2D eigenvalue weighted by atomic mass is 10.1. The molecule has 1 aromatic carbocycles. The zero-order valence-corrected chi connectivity index (χ0v) is 11.9. The first-order valence-corrected chi connectivity index (χ1v) is 6.85. The van der Waals surface area contributed by atoms with Crippen LogP contribution in [-0.4, -0.2) is 24.6 Å². The van der Waals surface area contributed by atoms with E-state index in [1.165, 1.54) is 12.7 Å². The van der Waals surface area contributed by atoms with Crippen LogP contribution in [0.4, 0.5) is 11.4 Å². The molecule has 0 aliphatic carbocycles. The number of nitrogens with two attached hydrogens (primary N) is 1.